The Bertz CT molecular complexity index is 422. The molecule has 0 spiro atoms. The summed E-state index contributed by atoms with van der Waals surface area (Å²) in [7, 11) is 0. The van der Waals surface area contributed by atoms with Gasteiger partial charge in [0.1, 0.15) is 5.82 Å². The van der Waals surface area contributed by atoms with Crippen LogP contribution >= 0.6 is 0 Å². The average Bonchev–Trinajstić information content (AvgIpc) is 2.33. The van der Waals surface area contributed by atoms with Crippen LogP contribution in [-0.2, 0) is 6.42 Å². The van der Waals surface area contributed by atoms with Gasteiger partial charge in [0, 0.05) is 6.04 Å². The highest BCUT2D eigenvalue weighted by Gasteiger charge is 2.34. The van der Waals surface area contributed by atoms with Crippen LogP contribution in [0.4, 0.5) is 4.39 Å². The summed E-state index contributed by atoms with van der Waals surface area (Å²) in [5.41, 5.74) is 7.40. The van der Waals surface area contributed by atoms with Gasteiger partial charge in [-0.2, -0.15) is 0 Å². The highest BCUT2D eigenvalue weighted by atomic mass is 19.1. The summed E-state index contributed by atoms with van der Waals surface area (Å²) in [5, 5.41) is 0. The van der Waals surface area contributed by atoms with Crippen molar-refractivity contribution in [3.05, 3.63) is 35.6 Å². The SMILES string of the molecule is CC(C)(C)C1CCC(N)C(Cc2ccccc2F)C1. The van der Waals surface area contributed by atoms with E-state index in [1.54, 1.807) is 12.1 Å². The van der Waals surface area contributed by atoms with E-state index in [4.69, 9.17) is 5.73 Å². The normalized spacial score (nSPS) is 28.4. The lowest BCUT2D eigenvalue weighted by atomic mass is 9.66. The highest BCUT2D eigenvalue weighted by molar-refractivity contribution is 5.18. The lowest BCUT2D eigenvalue weighted by Gasteiger charge is -2.40. The fourth-order valence-corrected chi connectivity index (χ4v) is 3.26. The van der Waals surface area contributed by atoms with E-state index in [-0.39, 0.29) is 11.9 Å². The van der Waals surface area contributed by atoms with Gasteiger partial charge < -0.3 is 5.73 Å². The number of rotatable bonds is 2. The maximum atomic E-state index is 13.8. The molecule has 106 valence electrons. The Kier molecular flexibility index (Phi) is 4.29. The molecule has 2 N–H and O–H groups in total. The first-order valence-electron chi connectivity index (χ1n) is 7.37. The van der Waals surface area contributed by atoms with E-state index in [1.165, 1.54) is 6.42 Å². The first-order valence-corrected chi connectivity index (χ1v) is 7.37. The molecule has 0 aliphatic heterocycles. The van der Waals surface area contributed by atoms with E-state index in [2.05, 4.69) is 20.8 Å². The van der Waals surface area contributed by atoms with Gasteiger partial charge in [0.05, 0.1) is 0 Å². The van der Waals surface area contributed by atoms with Crippen molar-refractivity contribution in [2.24, 2.45) is 23.0 Å². The van der Waals surface area contributed by atoms with E-state index in [0.29, 0.717) is 17.3 Å². The molecule has 0 bridgehead atoms. The summed E-state index contributed by atoms with van der Waals surface area (Å²) in [4.78, 5) is 0. The Labute approximate surface area is 116 Å². The lowest BCUT2D eigenvalue weighted by Crippen LogP contribution is -2.40. The monoisotopic (exact) mass is 263 g/mol. The molecule has 1 aliphatic carbocycles. The third-order valence-corrected chi connectivity index (χ3v) is 4.71. The van der Waals surface area contributed by atoms with Gasteiger partial charge in [-0.1, -0.05) is 39.0 Å². The summed E-state index contributed by atoms with van der Waals surface area (Å²) >= 11 is 0. The van der Waals surface area contributed by atoms with Crippen LogP contribution in [0, 0.1) is 23.1 Å². The summed E-state index contributed by atoms with van der Waals surface area (Å²) < 4.78 is 13.8. The molecule has 2 heteroatoms. The van der Waals surface area contributed by atoms with Crippen molar-refractivity contribution < 1.29 is 4.39 Å². The zero-order chi connectivity index (χ0) is 14.0. The van der Waals surface area contributed by atoms with Crippen molar-refractivity contribution in [3.8, 4) is 0 Å². The molecule has 1 aliphatic rings. The molecule has 1 fully saturated rings. The highest BCUT2D eigenvalue weighted by Crippen LogP contribution is 2.40. The topological polar surface area (TPSA) is 26.0 Å². The Hall–Kier alpha value is -0.890. The number of nitrogens with two attached hydrogens (primary N) is 1. The van der Waals surface area contributed by atoms with Crippen LogP contribution in [0.2, 0.25) is 0 Å². The number of halogens is 1. The summed E-state index contributed by atoms with van der Waals surface area (Å²) in [6, 6.07) is 7.32. The zero-order valence-corrected chi connectivity index (χ0v) is 12.3. The van der Waals surface area contributed by atoms with Gasteiger partial charge in [0.15, 0.2) is 0 Å². The third kappa shape index (κ3) is 3.56. The molecular formula is C17H26FN. The van der Waals surface area contributed by atoms with Crippen molar-refractivity contribution in [1.82, 2.24) is 0 Å². The molecule has 0 saturated heterocycles. The minimum Gasteiger partial charge on any atom is -0.327 e. The fraction of sp³-hybridized carbons (Fsp3) is 0.647. The molecule has 0 heterocycles. The van der Waals surface area contributed by atoms with E-state index < -0.39 is 0 Å². The maximum Gasteiger partial charge on any atom is 0.126 e. The zero-order valence-electron chi connectivity index (χ0n) is 12.3. The van der Waals surface area contributed by atoms with Crippen molar-refractivity contribution in [2.75, 3.05) is 0 Å². The van der Waals surface area contributed by atoms with Gasteiger partial charge in [-0.3, -0.25) is 0 Å². The molecule has 1 aromatic carbocycles. The molecule has 1 nitrogen and oxygen atoms in total. The second kappa shape index (κ2) is 5.62. The Morgan fingerprint density at radius 1 is 1.21 bits per heavy atom. The quantitative estimate of drug-likeness (QED) is 0.852. The second-order valence-corrected chi connectivity index (χ2v) is 7.10. The fourth-order valence-electron chi connectivity index (χ4n) is 3.26. The smallest absolute Gasteiger partial charge is 0.126 e. The van der Waals surface area contributed by atoms with Crippen molar-refractivity contribution >= 4 is 0 Å². The van der Waals surface area contributed by atoms with E-state index >= 15 is 0 Å². The van der Waals surface area contributed by atoms with Crippen LogP contribution in [0.5, 0.6) is 0 Å². The predicted octanol–water partition coefficient (Wildman–Crippen LogP) is 4.16. The molecule has 2 rings (SSSR count). The molecule has 1 aromatic rings. The summed E-state index contributed by atoms with van der Waals surface area (Å²) in [6.07, 6.45) is 4.18. The molecule has 3 unspecified atom stereocenters. The van der Waals surface area contributed by atoms with Gasteiger partial charge in [0.25, 0.3) is 0 Å². The Balaban J connectivity index is 2.08. The standard InChI is InChI=1S/C17H26FN/c1-17(2,3)14-8-9-16(19)13(11-14)10-12-6-4-5-7-15(12)18/h4-7,13-14,16H,8-11,19H2,1-3H3. The van der Waals surface area contributed by atoms with Gasteiger partial charge in [-0.25, -0.2) is 4.39 Å². The van der Waals surface area contributed by atoms with Crippen LogP contribution in [0.25, 0.3) is 0 Å². The Morgan fingerprint density at radius 2 is 1.89 bits per heavy atom. The first-order chi connectivity index (χ1) is 8.88. The third-order valence-electron chi connectivity index (χ3n) is 4.71. The van der Waals surface area contributed by atoms with E-state index in [1.807, 2.05) is 12.1 Å². The lowest BCUT2D eigenvalue weighted by molar-refractivity contribution is 0.126. The number of hydrogen-bond donors (Lipinski definition) is 1. The minimum absolute atomic E-state index is 0.0902. The maximum absolute atomic E-state index is 13.8. The van der Waals surface area contributed by atoms with Gasteiger partial charge in [-0.15, -0.1) is 0 Å². The molecule has 0 amide bonds. The summed E-state index contributed by atoms with van der Waals surface area (Å²) in [6.45, 7) is 6.90. The molecular weight excluding hydrogens is 237 g/mol. The molecule has 3 atom stereocenters. The minimum atomic E-state index is -0.0902. The molecule has 1 saturated carbocycles. The van der Waals surface area contributed by atoms with Gasteiger partial charge in [0.2, 0.25) is 0 Å². The van der Waals surface area contributed by atoms with Crippen LogP contribution < -0.4 is 5.73 Å². The molecule has 0 radical (unpaired) electrons. The number of benzene rings is 1. The number of hydrogen-bond acceptors (Lipinski definition) is 1. The van der Waals surface area contributed by atoms with Gasteiger partial charge in [-0.05, 0) is 54.6 Å². The summed E-state index contributed by atoms with van der Waals surface area (Å²) in [5.74, 6) is 1.02. The average molecular weight is 263 g/mol. The van der Waals surface area contributed by atoms with Crippen LogP contribution in [-0.4, -0.2) is 6.04 Å². The van der Waals surface area contributed by atoms with E-state index in [0.717, 1.165) is 24.8 Å². The van der Waals surface area contributed by atoms with Crippen LogP contribution in [0.3, 0.4) is 0 Å². The molecule has 19 heavy (non-hydrogen) atoms. The second-order valence-electron chi connectivity index (χ2n) is 7.10. The van der Waals surface area contributed by atoms with E-state index in [9.17, 15) is 4.39 Å². The first kappa shape index (κ1) is 14.5. The predicted molar refractivity (Wildman–Crippen MR) is 78.4 cm³/mol. The van der Waals surface area contributed by atoms with Crippen LogP contribution in [0.15, 0.2) is 24.3 Å². The van der Waals surface area contributed by atoms with Crippen molar-refractivity contribution in [1.29, 1.82) is 0 Å². The Morgan fingerprint density at radius 3 is 2.53 bits per heavy atom. The van der Waals surface area contributed by atoms with Crippen molar-refractivity contribution in [2.45, 2.75) is 52.5 Å². The van der Waals surface area contributed by atoms with Crippen molar-refractivity contribution in [3.63, 3.8) is 0 Å². The van der Waals surface area contributed by atoms with Crippen LogP contribution in [0.1, 0.15) is 45.6 Å². The largest absolute Gasteiger partial charge is 0.327 e. The molecule has 0 aromatic heterocycles. The van der Waals surface area contributed by atoms with Gasteiger partial charge >= 0.3 is 0 Å².